The van der Waals surface area contributed by atoms with Gasteiger partial charge in [0.05, 0.1) is 4.47 Å². The Morgan fingerprint density at radius 1 is 1.44 bits per heavy atom. The Labute approximate surface area is 60.3 Å². The molecule has 0 unspecified atom stereocenters. The summed E-state index contributed by atoms with van der Waals surface area (Å²) in [6.45, 7) is 0. The van der Waals surface area contributed by atoms with Crippen LogP contribution in [0.2, 0.25) is 0 Å². The van der Waals surface area contributed by atoms with Gasteiger partial charge in [0.15, 0.2) is 12.1 Å². The Bertz CT molecular complexity index is 209. The number of halogens is 1. The first-order chi connectivity index (χ1) is 4.33. The molecule has 46 valence electrons. The van der Waals surface area contributed by atoms with E-state index in [2.05, 4.69) is 25.9 Å². The van der Waals surface area contributed by atoms with Gasteiger partial charge in [-0.1, -0.05) is 0 Å². The van der Waals surface area contributed by atoms with Crippen molar-refractivity contribution in [3.05, 3.63) is 22.7 Å². The third kappa shape index (κ3) is 1.57. The van der Waals surface area contributed by atoms with Gasteiger partial charge >= 0.3 is 0 Å². The Kier molecular flexibility index (Phi) is 1.89. The van der Waals surface area contributed by atoms with Crippen molar-refractivity contribution >= 4 is 22.2 Å². The summed E-state index contributed by atoms with van der Waals surface area (Å²) in [7, 11) is 0. The minimum atomic E-state index is 0.207. The molecule has 0 saturated heterocycles. The maximum atomic E-state index is 9.98. The first-order valence-corrected chi connectivity index (χ1v) is 3.05. The smallest absolute Gasteiger partial charge is 0.192 e. The Morgan fingerprint density at radius 3 is 2.44 bits per heavy atom. The maximum absolute atomic E-state index is 9.98. The summed E-state index contributed by atoms with van der Waals surface area (Å²) >= 11 is 3.13. The Balaban J connectivity index is 3.01. The topological polar surface area (TPSA) is 42.9 Å². The first kappa shape index (κ1) is 6.35. The molecule has 0 spiro atoms. The highest BCUT2D eigenvalue weighted by molar-refractivity contribution is 9.10. The van der Waals surface area contributed by atoms with Gasteiger partial charge in [0.25, 0.3) is 0 Å². The fraction of sp³-hybridized carbons (Fsp3) is 0. The number of aldehydes is 1. The molecule has 0 amide bonds. The van der Waals surface area contributed by atoms with E-state index in [-0.39, 0.29) is 5.82 Å². The van der Waals surface area contributed by atoms with Crippen LogP contribution >= 0.6 is 15.9 Å². The number of rotatable bonds is 1. The van der Waals surface area contributed by atoms with E-state index >= 15 is 0 Å². The lowest BCUT2D eigenvalue weighted by Gasteiger charge is -1.86. The van der Waals surface area contributed by atoms with E-state index in [0.717, 1.165) is 4.47 Å². The van der Waals surface area contributed by atoms with Crippen LogP contribution in [0.25, 0.3) is 0 Å². The van der Waals surface area contributed by atoms with E-state index in [1.165, 1.54) is 12.4 Å². The van der Waals surface area contributed by atoms with Crippen LogP contribution in [0.3, 0.4) is 0 Å². The summed E-state index contributed by atoms with van der Waals surface area (Å²) < 4.78 is 0.771. The van der Waals surface area contributed by atoms with Crippen molar-refractivity contribution in [2.45, 2.75) is 0 Å². The van der Waals surface area contributed by atoms with Crippen molar-refractivity contribution in [1.82, 2.24) is 9.97 Å². The molecule has 1 aromatic rings. The van der Waals surface area contributed by atoms with Crippen LogP contribution in [-0.4, -0.2) is 16.3 Å². The highest BCUT2D eigenvalue weighted by Gasteiger charge is 1.89. The van der Waals surface area contributed by atoms with E-state index in [1.807, 2.05) is 0 Å². The van der Waals surface area contributed by atoms with Gasteiger partial charge in [-0.2, -0.15) is 0 Å². The Hall–Kier alpha value is -0.770. The number of carbonyl (C=O) groups is 1. The minimum absolute atomic E-state index is 0.207. The highest BCUT2D eigenvalue weighted by atomic mass is 79.9. The standard InChI is InChI=1S/C5H3BrN2O/c6-4-1-7-5(3-9)8-2-4/h1-3H. The van der Waals surface area contributed by atoms with Gasteiger partial charge in [-0.3, -0.25) is 4.79 Å². The first-order valence-electron chi connectivity index (χ1n) is 2.25. The van der Waals surface area contributed by atoms with Crippen molar-refractivity contribution in [2.75, 3.05) is 0 Å². The van der Waals surface area contributed by atoms with Gasteiger partial charge in [-0.15, -0.1) is 0 Å². The molecule has 1 aromatic heterocycles. The molecule has 1 heterocycles. The second-order valence-electron chi connectivity index (χ2n) is 1.38. The van der Waals surface area contributed by atoms with Gasteiger partial charge in [0.2, 0.25) is 0 Å². The second-order valence-corrected chi connectivity index (χ2v) is 2.29. The van der Waals surface area contributed by atoms with E-state index in [4.69, 9.17) is 0 Å². The average molecular weight is 187 g/mol. The van der Waals surface area contributed by atoms with Gasteiger partial charge in [0.1, 0.15) is 0 Å². The molecule has 0 aliphatic carbocycles. The van der Waals surface area contributed by atoms with Gasteiger partial charge in [0, 0.05) is 12.4 Å². The van der Waals surface area contributed by atoms with E-state index in [0.29, 0.717) is 6.29 Å². The molecule has 9 heavy (non-hydrogen) atoms. The molecule has 0 aliphatic rings. The molecule has 0 aromatic carbocycles. The molecule has 0 radical (unpaired) electrons. The highest BCUT2D eigenvalue weighted by Crippen LogP contribution is 2.02. The van der Waals surface area contributed by atoms with Crippen LogP contribution in [0.1, 0.15) is 10.6 Å². The fourth-order valence-electron chi connectivity index (χ4n) is 0.383. The normalized spacial score (nSPS) is 9.00. The zero-order valence-corrected chi connectivity index (χ0v) is 6.00. The quantitative estimate of drug-likeness (QED) is 0.617. The third-order valence-electron chi connectivity index (χ3n) is 0.746. The van der Waals surface area contributed by atoms with Crippen LogP contribution in [0, 0.1) is 0 Å². The molecule has 0 aliphatic heterocycles. The Morgan fingerprint density at radius 2 is 2.00 bits per heavy atom. The SMILES string of the molecule is O=Cc1ncc(Br)cn1. The zero-order valence-electron chi connectivity index (χ0n) is 4.41. The summed E-state index contributed by atoms with van der Waals surface area (Å²) in [5, 5.41) is 0. The zero-order chi connectivity index (χ0) is 6.69. The molecule has 0 bridgehead atoms. The molecule has 4 heteroatoms. The van der Waals surface area contributed by atoms with Crippen LogP contribution in [0.5, 0.6) is 0 Å². The molecular formula is C5H3BrN2O. The predicted octanol–water partition coefficient (Wildman–Crippen LogP) is 1.05. The number of aromatic nitrogens is 2. The summed E-state index contributed by atoms with van der Waals surface area (Å²) in [4.78, 5) is 17.3. The van der Waals surface area contributed by atoms with Crippen LogP contribution < -0.4 is 0 Å². The predicted molar refractivity (Wildman–Crippen MR) is 35.1 cm³/mol. The molecule has 0 N–H and O–H groups in total. The summed E-state index contributed by atoms with van der Waals surface area (Å²) in [6, 6.07) is 0. The monoisotopic (exact) mass is 186 g/mol. The van der Waals surface area contributed by atoms with Crippen molar-refractivity contribution in [3.8, 4) is 0 Å². The van der Waals surface area contributed by atoms with Crippen molar-refractivity contribution < 1.29 is 4.79 Å². The van der Waals surface area contributed by atoms with Crippen LogP contribution in [-0.2, 0) is 0 Å². The maximum Gasteiger partial charge on any atom is 0.192 e. The van der Waals surface area contributed by atoms with Gasteiger partial charge < -0.3 is 0 Å². The van der Waals surface area contributed by atoms with Crippen LogP contribution in [0.4, 0.5) is 0 Å². The van der Waals surface area contributed by atoms with Gasteiger partial charge in [-0.05, 0) is 15.9 Å². The van der Waals surface area contributed by atoms with E-state index in [9.17, 15) is 4.79 Å². The fourth-order valence-corrected chi connectivity index (χ4v) is 0.588. The second kappa shape index (κ2) is 2.68. The average Bonchev–Trinajstić information content (AvgIpc) is 1.90. The summed E-state index contributed by atoms with van der Waals surface area (Å²) in [6.07, 6.45) is 3.65. The number of carbonyl (C=O) groups excluding carboxylic acids is 1. The number of hydrogen-bond acceptors (Lipinski definition) is 3. The summed E-state index contributed by atoms with van der Waals surface area (Å²) in [5.41, 5.74) is 0. The molecular weight excluding hydrogens is 184 g/mol. The molecule has 1 rings (SSSR count). The minimum Gasteiger partial charge on any atom is -0.294 e. The van der Waals surface area contributed by atoms with Gasteiger partial charge in [-0.25, -0.2) is 9.97 Å². The van der Waals surface area contributed by atoms with Crippen molar-refractivity contribution in [1.29, 1.82) is 0 Å². The number of hydrogen-bond donors (Lipinski definition) is 0. The van der Waals surface area contributed by atoms with E-state index in [1.54, 1.807) is 0 Å². The van der Waals surface area contributed by atoms with Crippen LogP contribution in [0.15, 0.2) is 16.9 Å². The number of nitrogens with zero attached hydrogens (tertiary/aromatic N) is 2. The van der Waals surface area contributed by atoms with E-state index < -0.39 is 0 Å². The molecule has 0 atom stereocenters. The lowest BCUT2D eigenvalue weighted by atomic mass is 10.6. The lowest BCUT2D eigenvalue weighted by molar-refractivity contribution is 0.111. The molecule has 0 saturated carbocycles. The van der Waals surface area contributed by atoms with Crippen molar-refractivity contribution in [3.63, 3.8) is 0 Å². The molecule has 0 fully saturated rings. The molecule has 3 nitrogen and oxygen atoms in total. The third-order valence-corrected chi connectivity index (χ3v) is 1.16. The lowest BCUT2D eigenvalue weighted by Crippen LogP contribution is -1.89. The largest absolute Gasteiger partial charge is 0.294 e. The van der Waals surface area contributed by atoms with Crippen molar-refractivity contribution in [2.24, 2.45) is 0 Å². The summed E-state index contributed by atoms with van der Waals surface area (Å²) in [5.74, 6) is 0.207.